The van der Waals surface area contributed by atoms with E-state index in [1.165, 1.54) is 0 Å². The fourth-order valence-electron chi connectivity index (χ4n) is 2.06. The Labute approximate surface area is 125 Å². The van der Waals surface area contributed by atoms with Crippen LogP contribution in [0.15, 0.2) is 53.6 Å². The van der Waals surface area contributed by atoms with Gasteiger partial charge in [-0.2, -0.15) is 5.10 Å². The van der Waals surface area contributed by atoms with E-state index in [0.717, 1.165) is 5.56 Å². The number of aromatic hydroxyl groups is 1. The average Bonchev–Trinajstić information content (AvgIpc) is 2.48. The Morgan fingerprint density at radius 2 is 1.90 bits per heavy atom. The van der Waals surface area contributed by atoms with E-state index < -0.39 is 0 Å². The van der Waals surface area contributed by atoms with Crippen molar-refractivity contribution in [3.05, 3.63) is 59.7 Å². The lowest BCUT2D eigenvalue weighted by Gasteiger charge is -2.11. The Balaban J connectivity index is 2.12. The highest BCUT2D eigenvalue weighted by molar-refractivity contribution is 6.03. The Hall–Kier alpha value is -2.49. The third-order valence-electron chi connectivity index (χ3n) is 3.04. The van der Waals surface area contributed by atoms with E-state index in [2.05, 4.69) is 10.5 Å². The summed E-state index contributed by atoms with van der Waals surface area (Å²) in [4.78, 5) is 0. The zero-order chi connectivity index (χ0) is 15.1. The molecule has 0 saturated carbocycles. The number of hydrogen-bond donors (Lipinski definition) is 2. The van der Waals surface area contributed by atoms with Gasteiger partial charge >= 0.3 is 0 Å². The molecule has 21 heavy (non-hydrogen) atoms. The Morgan fingerprint density at radius 3 is 2.62 bits per heavy atom. The number of hydrogen-bond acceptors (Lipinski definition) is 4. The molecule has 0 saturated heterocycles. The third kappa shape index (κ3) is 3.99. The summed E-state index contributed by atoms with van der Waals surface area (Å²) >= 11 is 0. The van der Waals surface area contributed by atoms with Crippen molar-refractivity contribution in [2.24, 2.45) is 5.10 Å². The highest BCUT2D eigenvalue weighted by Crippen LogP contribution is 2.28. The van der Waals surface area contributed by atoms with E-state index in [1.807, 2.05) is 50.2 Å². The largest absolute Gasteiger partial charge is 0.507 e. The maximum atomic E-state index is 10.0. The summed E-state index contributed by atoms with van der Waals surface area (Å²) in [5.41, 5.74) is 5.48. The fourth-order valence-corrected chi connectivity index (χ4v) is 2.06. The molecule has 0 heterocycles. The van der Waals surface area contributed by atoms with Crippen molar-refractivity contribution >= 4 is 5.71 Å². The lowest BCUT2D eigenvalue weighted by molar-refractivity contribution is 0.337. The summed E-state index contributed by atoms with van der Waals surface area (Å²) in [6.45, 7) is 4.93. The second kappa shape index (κ2) is 7.33. The summed E-state index contributed by atoms with van der Waals surface area (Å²) in [6.07, 6.45) is 0. The molecule has 0 radical (unpaired) electrons. The Morgan fingerprint density at radius 1 is 1.14 bits per heavy atom. The van der Waals surface area contributed by atoms with Crippen LogP contribution in [0.4, 0.5) is 0 Å². The molecule has 0 fully saturated rings. The number of phenols is 1. The number of phenolic OH excluding ortho intramolecular Hbond substituents is 1. The monoisotopic (exact) mass is 284 g/mol. The molecule has 0 aliphatic heterocycles. The highest BCUT2D eigenvalue weighted by atomic mass is 16.5. The molecule has 0 aliphatic rings. The van der Waals surface area contributed by atoms with Crippen molar-refractivity contribution in [2.45, 2.75) is 20.4 Å². The van der Waals surface area contributed by atoms with E-state index in [4.69, 9.17) is 4.74 Å². The Kier molecular flexibility index (Phi) is 5.21. The van der Waals surface area contributed by atoms with Crippen molar-refractivity contribution in [3.8, 4) is 11.5 Å². The van der Waals surface area contributed by atoms with Gasteiger partial charge in [-0.25, -0.2) is 0 Å². The molecule has 0 aliphatic carbocycles. The third-order valence-corrected chi connectivity index (χ3v) is 3.04. The molecule has 0 aromatic heterocycles. The highest BCUT2D eigenvalue weighted by Gasteiger charge is 2.11. The summed E-state index contributed by atoms with van der Waals surface area (Å²) in [7, 11) is 0. The number of nitrogens with zero attached hydrogens (tertiary/aromatic N) is 1. The van der Waals surface area contributed by atoms with Gasteiger partial charge in [0.25, 0.3) is 0 Å². The standard InChI is InChI=1S/C17H20N2O2/c1-3-21-16-11-7-10-15(20)17(16)13(2)19-18-12-14-8-5-4-6-9-14/h4-11,18,20H,3,12H2,1-2H3/b19-13+. The van der Waals surface area contributed by atoms with Crippen LogP contribution in [0, 0.1) is 0 Å². The lowest BCUT2D eigenvalue weighted by atomic mass is 10.1. The molecule has 2 aromatic carbocycles. The van der Waals surface area contributed by atoms with Gasteiger partial charge in [0, 0.05) is 0 Å². The topological polar surface area (TPSA) is 53.9 Å². The quantitative estimate of drug-likeness (QED) is 0.632. The van der Waals surface area contributed by atoms with Gasteiger partial charge in [0.05, 0.1) is 24.4 Å². The molecule has 4 heteroatoms. The molecule has 0 amide bonds. The fraction of sp³-hybridized carbons (Fsp3) is 0.235. The molecule has 0 bridgehead atoms. The first-order valence-electron chi connectivity index (χ1n) is 6.98. The van der Waals surface area contributed by atoms with Crippen molar-refractivity contribution in [1.82, 2.24) is 5.43 Å². The van der Waals surface area contributed by atoms with Crippen LogP contribution in [0.5, 0.6) is 11.5 Å². The number of rotatable bonds is 6. The minimum Gasteiger partial charge on any atom is -0.507 e. The molecule has 2 aromatic rings. The number of hydrazone groups is 1. The molecule has 110 valence electrons. The van der Waals surface area contributed by atoms with Crippen LogP contribution < -0.4 is 10.2 Å². The van der Waals surface area contributed by atoms with Gasteiger partial charge in [-0.3, -0.25) is 0 Å². The summed E-state index contributed by atoms with van der Waals surface area (Å²) in [6, 6.07) is 15.2. The van der Waals surface area contributed by atoms with Crippen LogP contribution in [0.3, 0.4) is 0 Å². The molecule has 0 spiro atoms. The van der Waals surface area contributed by atoms with Crippen LogP contribution in [0.1, 0.15) is 25.0 Å². The van der Waals surface area contributed by atoms with Crippen molar-refractivity contribution in [2.75, 3.05) is 6.61 Å². The maximum absolute atomic E-state index is 10.0. The van der Waals surface area contributed by atoms with Gasteiger partial charge < -0.3 is 15.3 Å². The summed E-state index contributed by atoms with van der Waals surface area (Å²) < 4.78 is 5.53. The Bertz CT molecular complexity index is 609. The maximum Gasteiger partial charge on any atom is 0.132 e. The first kappa shape index (κ1) is 14.9. The van der Waals surface area contributed by atoms with E-state index in [-0.39, 0.29) is 5.75 Å². The van der Waals surface area contributed by atoms with Crippen LogP contribution >= 0.6 is 0 Å². The zero-order valence-electron chi connectivity index (χ0n) is 12.3. The van der Waals surface area contributed by atoms with Crippen LogP contribution in [0.25, 0.3) is 0 Å². The van der Waals surface area contributed by atoms with Crippen molar-refractivity contribution in [1.29, 1.82) is 0 Å². The predicted molar refractivity (Wildman–Crippen MR) is 84.8 cm³/mol. The predicted octanol–water partition coefficient (Wildman–Crippen LogP) is 3.30. The second-order valence-corrected chi connectivity index (χ2v) is 4.60. The van der Waals surface area contributed by atoms with E-state index in [9.17, 15) is 5.11 Å². The van der Waals surface area contributed by atoms with Gasteiger partial charge in [-0.1, -0.05) is 36.4 Å². The van der Waals surface area contributed by atoms with Crippen LogP contribution in [-0.2, 0) is 6.54 Å². The summed E-state index contributed by atoms with van der Waals surface area (Å²) in [5.74, 6) is 0.809. The number of nitrogens with one attached hydrogen (secondary N) is 1. The average molecular weight is 284 g/mol. The minimum absolute atomic E-state index is 0.170. The van der Waals surface area contributed by atoms with Gasteiger partial charge in [0.2, 0.25) is 0 Å². The normalized spacial score (nSPS) is 11.2. The molecule has 4 nitrogen and oxygen atoms in total. The lowest BCUT2D eigenvalue weighted by Crippen LogP contribution is -2.10. The van der Waals surface area contributed by atoms with Gasteiger partial charge in [-0.15, -0.1) is 0 Å². The first-order valence-corrected chi connectivity index (χ1v) is 6.98. The van der Waals surface area contributed by atoms with Crippen LogP contribution in [-0.4, -0.2) is 17.4 Å². The van der Waals surface area contributed by atoms with Gasteiger partial charge in [-0.05, 0) is 31.5 Å². The molecule has 2 rings (SSSR count). The van der Waals surface area contributed by atoms with E-state index >= 15 is 0 Å². The van der Waals surface area contributed by atoms with Crippen molar-refractivity contribution in [3.63, 3.8) is 0 Å². The molecule has 0 atom stereocenters. The van der Waals surface area contributed by atoms with Crippen molar-refractivity contribution < 1.29 is 9.84 Å². The molecule has 2 N–H and O–H groups in total. The van der Waals surface area contributed by atoms with Gasteiger partial charge in [0.15, 0.2) is 0 Å². The zero-order valence-corrected chi connectivity index (χ0v) is 12.3. The number of benzene rings is 2. The smallest absolute Gasteiger partial charge is 0.132 e. The SMILES string of the molecule is CCOc1cccc(O)c1/C(C)=N/NCc1ccccc1. The van der Waals surface area contributed by atoms with Crippen LogP contribution in [0.2, 0.25) is 0 Å². The molecule has 0 unspecified atom stereocenters. The number of ether oxygens (including phenoxy) is 1. The second-order valence-electron chi connectivity index (χ2n) is 4.60. The molecular formula is C17H20N2O2. The first-order chi connectivity index (χ1) is 10.2. The minimum atomic E-state index is 0.170. The van der Waals surface area contributed by atoms with E-state index in [1.54, 1.807) is 12.1 Å². The van der Waals surface area contributed by atoms with E-state index in [0.29, 0.717) is 30.2 Å². The summed E-state index contributed by atoms with van der Waals surface area (Å²) in [5, 5.41) is 14.3. The van der Waals surface area contributed by atoms with Gasteiger partial charge in [0.1, 0.15) is 11.5 Å². The molecular weight excluding hydrogens is 264 g/mol.